The van der Waals surface area contributed by atoms with Crippen LogP contribution in [0.2, 0.25) is 5.02 Å². The first kappa shape index (κ1) is 13.9. The Labute approximate surface area is 116 Å². The predicted octanol–water partition coefficient (Wildman–Crippen LogP) is 4.44. The molecule has 1 N–H and O–H groups in total. The van der Waals surface area contributed by atoms with Crippen LogP contribution in [0.1, 0.15) is 45.1 Å². The maximum Gasteiger partial charge on any atom is 0.0408 e. The van der Waals surface area contributed by atoms with Gasteiger partial charge in [-0.3, -0.25) is 0 Å². The van der Waals surface area contributed by atoms with Crippen LogP contribution in [-0.2, 0) is 6.42 Å². The molecule has 0 heterocycles. The molecule has 2 heteroatoms. The average molecular weight is 266 g/mol. The number of hydrogen-bond donors (Lipinski definition) is 1. The molecule has 0 saturated heterocycles. The Morgan fingerprint density at radius 3 is 2.67 bits per heavy atom. The minimum atomic E-state index is 0.513. The molecule has 0 radical (unpaired) electrons. The Kier molecular flexibility index (Phi) is 5.08. The van der Waals surface area contributed by atoms with Crippen molar-refractivity contribution in [1.82, 2.24) is 5.32 Å². The smallest absolute Gasteiger partial charge is 0.0408 e. The van der Waals surface area contributed by atoms with Gasteiger partial charge in [-0.05, 0) is 56.7 Å². The van der Waals surface area contributed by atoms with Crippen LogP contribution in [0.4, 0.5) is 0 Å². The van der Waals surface area contributed by atoms with Crippen molar-refractivity contribution in [3.05, 3.63) is 34.9 Å². The highest BCUT2D eigenvalue weighted by atomic mass is 35.5. The molecule has 1 aliphatic carbocycles. The second kappa shape index (κ2) is 6.58. The molecule has 0 aliphatic heterocycles. The van der Waals surface area contributed by atoms with Gasteiger partial charge in [0, 0.05) is 17.1 Å². The summed E-state index contributed by atoms with van der Waals surface area (Å²) in [7, 11) is 0. The summed E-state index contributed by atoms with van der Waals surface area (Å²) in [6.07, 6.45) is 6.69. The lowest BCUT2D eigenvalue weighted by Crippen LogP contribution is -2.39. The van der Waals surface area contributed by atoms with Crippen LogP contribution in [0.15, 0.2) is 24.3 Å². The third-order valence-corrected chi connectivity index (χ3v) is 4.32. The average Bonchev–Trinajstić information content (AvgIpc) is 2.81. The molecule has 2 unspecified atom stereocenters. The van der Waals surface area contributed by atoms with Crippen LogP contribution >= 0.6 is 11.6 Å². The normalized spacial score (nSPS) is 19.9. The molecule has 0 spiro atoms. The van der Waals surface area contributed by atoms with Gasteiger partial charge in [-0.2, -0.15) is 0 Å². The third kappa shape index (κ3) is 4.00. The van der Waals surface area contributed by atoms with Gasteiger partial charge in [0.25, 0.3) is 0 Å². The molecular formula is C16H24ClN. The topological polar surface area (TPSA) is 12.0 Å². The van der Waals surface area contributed by atoms with Crippen LogP contribution in [0.3, 0.4) is 0 Å². The lowest BCUT2D eigenvalue weighted by molar-refractivity contribution is 0.348. The van der Waals surface area contributed by atoms with Crippen LogP contribution in [0.25, 0.3) is 0 Å². The summed E-state index contributed by atoms with van der Waals surface area (Å²) in [6.45, 7) is 4.61. The third-order valence-electron chi connectivity index (χ3n) is 4.09. The number of halogens is 1. The maximum absolute atomic E-state index is 6.02. The second-order valence-electron chi connectivity index (χ2n) is 5.73. The molecule has 0 bridgehead atoms. The molecule has 1 nitrogen and oxygen atoms in total. The van der Waals surface area contributed by atoms with E-state index in [1.165, 1.54) is 31.2 Å². The summed E-state index contributed by atoms with van der Waals surface area (Å²) in [6, 6.07) is 9.35. The van der Waals surface area contributed by atoms with E-state index in [1.54, 1.807) is 0 Å². The van der Waals surface area contributed by atoms with Crippen molar-refractivity contribution in [3.63, 3.8) is 0 Å². The van der Waals surface area contributed by atoms with Crippen LogP contribution in [0, 0.1) is 5.92 Å². The summed E-state index contributed by atoms with van der Waals surface area (Å²) in [5.74, 6) is 0.881. The van der Waals surface area contributed by atoms with E-state index in [4.69, 9.17) is 11.6 Å². The molecule has 100 valence electrons. The molecule has 2 rings (SSSR count). The number of nitrogens with one attached hydrogen (secondary N) is 1. The molecule has 1 fully saturated rings. The van der Waals surface area contributed by atoms with Crippen LogP contribution in [-0.4, -0.2) is 12.1 Å². The van der Waals surface area contributed by atoms with Gasteiger partial charge < -0.3 is 5.32 Å². The van der Waals surface area contributed by atoms with Gasteiger partial charge in [0.1, 0.15) is 0 Å². The minimum Gasteiger partial charge on any atom is -0.311 e. The maximum atomic E-state index is 6.02. The highest BCUT2D eigenvalue weighted by Gasteiger charge is 2.22. The molecule has 1 saturated carbocycles. The zero-order valence-electron chi connectivity index (χ0n) is 11.5. The van der Waals surface area contributed by atoms with Crippen molar-refractivity contribution in [1.29, 1.82) is 0 Å². The Balaban J connectivity index is 1.82. The van der Waals surface area contributed by atoms with Crippen LogP contribution in [0.5, 0.6) is 0 Å². The van der Waals surface area contributed by atoms with Gasteiger partial charge in [0.15, 0.2) is 0 Å². The molecule has 0 amide bonds. The summed E-state index contributed by atoms with van der Waals surface area (Å²) in [4.78, 5) is 0. The van der Waals surface area contributed by atoms with Crippen molar-refractivity contribution >= 4 is 11.6 Å². The Bertz CT molecular complexity index is 371. The Morgan fingerprint density at radius 2 is 2.00 bits per heavy atom. The second-order valence-corrected chi connectivity index (χ2v) is 6.17. The quantitative estimate of drug-likeness (QED) is 0.830. The van der Waals surface area contributed by atoms with E-state index in [0.29, 0.717) is 12.1 Å². The summed E-state index contributed by atoms with van der Waals surface area (Å²) in [5, 5.41) is 4.58. The fourth-order valence-corrected chi connectivity index (χ4v) is 3.33. The van der Waals surface area contributed by atoms with E-state index in [9.17, 15) is 0 Å². The number of rotatable bonds is 5. The SMILES string of the molecule is CC(Cc1cccc(Cl)c1)NC(C)C1CCCC1. The van der Waals surface area contributed by atoms with E-state index in [1.807, 2.05) is 12.1 Å². The first-order valence-corrected chi connectivity index (χ1v) is 7.53. The lowest BCUT2D eigenvalue weighted by Gasteiger charge is -2.25. The van der Waals surface area contributed by atoms with Crippen molar-refractivity contribution in [2.24, 2.45) is 5.92 Å². The number of benzene rings is 1. The molecule has 0 aromatic heterocycles. The molecule has 2 atom stereocenters. The van der Waals surface area contributed by atoms with Crippen molar-refractivity contribution < 1.29 is 0 Å². The Hall–Kier alpha value is -0.530. The first-order chi connectivity index (χ1) is 8.65. The van der Waals surface area contributed by atoms with E-state index in [-0.39, 0.29) is 0 Å². The van der Waals surface area contributed by atoms with Crippen molar-refractivity contribution in [2.75, 3.05) is 0 Å². The predicted molar refractivity (Wildman–Crippen MR) is 79.2 cm³/mol. The fraction of sp³-hybridized carbons (Fsp3) is 0.625. The monoisotopic (exact) mass is 265 g/mol. The summed E-state index contributed by atoms with van der Waals surface area (Å²) in [5.41, 5.74) is 1.32. The Morgan fingerprint density at radius 1 is 1.28 bits per heavy atom. The minimum absolute atomic E-state index is 0.513. The highest BCUT2D eigenvalue weighted by Crippen LogP contribution is 2.27. The van der Waals surface area contributed by atoms with E-state index in [0.717, 1.165) is 17.4 Å². The first-order valence-electron chi connectivity index (χ1n) is 7.15. The van der Waals surface area contributed by atoms with E-state index in [2.05, 4.69) is 31.3 Å². The zero-order chi connectivity index (χ0) is 13.0. The van der Waals surface area contributed by atoms with Gasteiger partial charge in [0.05, 0.1) is 0 Å². The van der Waals surface area contributed by atoms with Crippen molar-refractivity contribution in [3.8, 4) is 0 Å². The molecule has 1 aliphatic rings. The van der Waals surface area contributed by atoms with Crippen LogP contribution < -0.4 is 5.32 Å². The molecular weight excluding hydrogens is 242 g/mol. The van der Waals surface area contributed by atoms with E-state index >= 15 is 0 Å². The van der Waals surface area contributed by atoms with Gasteiger partial charge in [0.2, 0.25) is 0 Å². The van der Waals surface area contributed by atoms with Crippen molar-refractivity contribution in [2.45, 2.75) is 58.0 Å². The lowest BCUT2D eigenvalue weighted by atomic mass is 9.98. The highest BCUT2D eigenvalue weighted by molar-refractivity contribution is 6.30. The van der Waals surface area contributed by atoms with Gasteiger partial charge >= 0.3 is 0 Å². The molecule has 18 heavy (non-hydrogen) atoms. The molecule has 1 aromatic rings. The largest absolute Gasteiger partial charge is 0.311 e. The molecule has 1 aromatic carbocycles. The fourth-order valence-electron chi connectivity index (χ4n) is 3.12. The van der Waals surface area contributed by atoms with Gasteiger partial charge in [-0.1, -0.05) is 36.6 Å². The zero-order valence-corrected chi connectivity index (χ0v) is 12.2. The standard InChI is InChI=1S/C16H24ClN/c1-12(10-14-6-5-9-16(17)11-14)18-13(2)15-7-3-4-8-15/h5-6,9,11-13,15,18H,3-4,7-8,10H2,1-2H3. The summed E-state index contributed by atoms with van der Waals surface area (Å²) < 4.78 is 0. The van der Waals surface area contributed by atoms with Gasteiger partial charge in [-0.15, -0.1) is 0 Å². The van der Waals surface area contributed by atoms with E-state index < -0.39 is 0 Å². The summed E-state index contributed by atoms with van der Waals surface area (Å²) >= 11 is 6.02. The number of hydrogen-bond acceptors (Lipinski definition) is 1. The van der Waals surface area contributed by atoms with Gasteiger partial charge in [-0.25, -0.2) is 0 Å².